The largest absolute Gasteiger partial charge is 0.461 e. The van der Waals surface area contributed by atoms with Gasteiger partial charge in [-0.05, 0) is 42.9 Å². The maximum atomic E-state index is 13.0. The number of carbonyl (C=O) groups excluding carboxylic acids is 2. The zero-order valence-corrected chi connectivity index (χ0v) is 14.8. The fraction of sp³-hybridized carbons (Fsp3) is 0.895. The predicted octanol–water partition coefficient (Wildman–Crippen LogP) is 3.85. The fourth-order valence-corrected chi connectivity index (χ4v) is 5.30. The van der Waals surface area contributed by atoms with Crippen LogP contribution in [-0.2, 0) is 14.3 Å². The first kappa shape index (κ1) is 16.0. The third kappa shape index (κ3) is 2.00. The minimum atomic E-state index is -0.503. The standard InChI is InChI=1S/C19H30O3/c1-10(2)19(6,18(3,4)5)17(21)22-16-11-7-12-13(8-11)15(20)9-14(12)16/h10-14,16H,7-9H2,1-6H3. The normalized spacial score (nSPS) is 39.4. The Bertz CT molecular complexity index is 501. The second-order valence-electron chi connectivity index (χ2n) is 9.31. The number of fused-ring (bicyclic) bond motifs is 1. The highest BCUT2D eigenvalue weighted by Gasteiger charge is 2.61. The zero-order valence-electron chi connectivity index (χ0n) is 14.8. The SMILES string of the molecule is CC(C)C(C)(C(=O)OC1C2CC3C(=O)CC1C3C2)C(C)(C)C. The number of ether oxygens (including phenoxy) is 1. The van der Waals surface area contributed by atoms with Crippen LogP contribution in [0.2, 0.25) is 0 Å². The van der Waals surface area contributed by atoms with Gasteiger partial charge >= 0.3 is 5.97 Å². The molecule has 3 aliphatic carbocycles. The average molecular weight is 306 g/mol. The highest BCUT2D eigenvalue weighted by atomic mass is 16.5. The lowest BCUT2D eigenvalue weighted by atomic mass is 9.61. The highest BCUT2D eigenvalue weighted by molar-refractivity contribution is 5.85. The monoisotopic (exact) mass is 306 g/mol. The molecule has 0 aromatic heterocycles. The first-order valence-corrected chi connectivity index (χ1v) is 8.81. The van der Waals surface area contributed by atoms with E-state index in [1.807, 2.05) is 6.92 Å². The van der Waals surface area contributed by atoms with Crippen molar-refractivity contribution in [3.05, 3.63) is 0 Å². The Morgan fingerprint density at radius 3 is 2.32 bits per heavy atom. The molecule has 0 spiro atoms. The van der Waals surface area contributed by atoms with E-state index in [9.17, 15) is 9.59 Å². The van der Waals surface area contributed by atoms with Crippen molar-refractivity contribution in [3.8, 4) is 0 Å². The number of carbonyl (C=O) groups is 2. The molecule has 22 heavy (non-hydrogen) atoms. The van der Waals surface area contributed by atoms with E-state index in [4.69, 9.17) is 4.74 Å². The molecule has 0 radical (unpaired) electrons. The van der Waals surface area contributed by atoms with Crippen LogP contribution in [0.4, 0.5) is 0 Å². The summed E-state index contributed by atoms with van der Waals surface area (Å²) in [6, 6.07) is 0. The third-order valence-electron chi connectivity index (χ3n) is 7.32. The molecule has 124 valence electrons. The van der Waals surface area contributed by atoms with Crippen molar-refractivity contribution in [2.24, 2.45) is 40.4 Å². The molecule has 3 saturated carbocycles. The van der Waals surface area contributed by atoms with E-state index in [2.05, 4.69) is 34.6 Å². The number of ketones is 1. The Kier molecular flexibility index (Phi) is 3.51. The Morgan fingerprint density at radius 1 is 1.14 bits per heavy atom. The summed E-state index contributed by atoms with van der Waals surface area (Å²) in [5.41, 5.74) is -0.652. The van der Waals surface area contributed by atoms with Gasteiger partial charge in [-0.3, -0.25) is 9.59 Å². The molecular formula is C19H30O3. The predicted molar refractivity (Wildman–Crippen MR) is 85.1 cm³/mol. The van der Waals surface area contributed by atoms with Gasteiger partial charge in [-0.25, -0.2) is 0 Å². The fourth-order valence-electron chi connectivity index (χ4n) is 5.30. The van der Waals surface area contributed by atoms with E-state index in [0.717, 1.165) is 12.8 Å². The van der Waals surface area contributed by atoms with Crippen molar-refractivity contribution in [3.63, 3.8) is 0 Å². The van der Waals surface area contributed by atoms with E-state index in [1.165, 1.54) is 0 Å². The topological polar surface area (TPSA) is 43.4 Å². The van der Waals surface area contributed by atoms with Crippen molar-refractivity contribution in [2.45, 2.75) is 66.9 Å². The van der Waals surface area contributed by atoms with Crippen LogP contribution < -0.4 is 0 Å². The molecule has 3 aliphatic rings. The van der Waals surface area contributed by atoms with Gasteiger partial charge in [0.2, 0.25) is 0 Å². The summed E-state index contributed by atoms with van der Waals surface area (Å²) in [6.07, 6.45) is 2.66. The number of Topliss-reactive ketones (excluding diaryl/α,β-unsaturated/α-hetero) is 1. The molecule has 2 bridgehead atoms. The summed E-state index contributed by atoms with van der Waals surface area (Å²) >= 11 is 0. The van der Waals surface area contributed by atoms with Crippen LogP contribution in [0.1, 0.15) is 60.8 Å². The lowest BCUT2D eigenvalue weighted by Gasteiger charge is -2.44. The molecule has 0 N–H and O–H groups in total. The second-order valence-corrected chi connectivity index (χ2v) is 9.31. The van der Waals surface area contributed by atoms with Gasteiger partial charge in [0.1, 0.15) is 11.9 Å². The quantitative estimate of drug-likeness (QED) is 0.744. The number of rotatable bonds is 3. The van der Waals surface area contributed by atoms with Crippen molar-refractivity contribution in [1.82, 2.24) is 0 Å². The first-order valence-electron chi connectivity index (χ1n) is 8.81. The maximum Gasteiger partial charge on any atom is 0.312 e. The van der Waals surface area contributed by atoms with Crippen LogP contribution in [0, 0.1) is 40.4 Å². The minimum Gasteiger partial charge on any atom is -0.461 e. The number of hydrogen-bond acceptors (Lipinski definition) is 3. The van der Waals surface area contributed by atoms with E-state index in [1.54, 1.807) is 0 Å². The molecule has 0 heterocycles. The molecule has 0 aromatic carbocycles. The lowest BCUT2D eigenvalue weighted by molar-refractivity contribution is -0.177. The Labute approximate surface area is 134 Å². The summed E-state index contributed by atoms with van der Waals surface area (Å²) in [6.45, 7) is 12.6. The summed E-state index contributed by atoms with van der Waals surface area (Å²) < 4.78 is 6.09. The molecule has 0 aromatic rings. The van der Waals surface area contributed by atoms with Gasteiger partial charge < -0.3 is 4.74 Å². The Morgan fingerprint density at radius 2 is 1.77 bits per heavy atom. The van der Waals surface area contributed by atoms with E-state index < -0.39 is 5.41 Å². The smallest absolute Gasteiger partial charge is 0.312 e. The van der Waals surface area contributed by atoms with Crippen LogP contribution in [0.15, 0.2) is 0 Å². The van der Waals surface area contributed by atoms with Crippen LogP contribution in [0.5, 0.6) is 0 Å². The van der Waals surface area contributed by atoms with Crippen molar-refractivity contribution in [1.29, 1.82) is 0 Å². The first-order chi connectivity index (χ1) is 10.1. The van der Waals surface area contributed by atoms with Gasteiger partial charge in [0, 0.05) is 18.3 Å². The van der Waals surface area contributed by atoms with Crippen molar-refractivity contribution >= 4 is 11.8 Å². The molecule has 0 saturated heterocycles. The molecule has 0 aliphatic heterocycles. The number of esters is 1. The average Bonchev–Trinajstić information content (AvgIpc) is 3.00. The third-order valence-corrected chi connectivity index (χ3v) is 7.32. The van der Waals surface area contributed by atoms with Crippen LogP contribution in [0.25, 0.3) is 0 Å². The maximum absolute atomic E-state index is 13.0. The van der Waals surface area contributed by atoms with Gasteiger partial charge in [-0.15, -0.1) is 0 Å². The molecule has 3 fully saturated rings. The summed E-state index contributed by atoms with van der Waals surface area (Å²) in [5.74, 6) is 2.07. The van der Waals surface area contributed by atoms with E-state index in [0.29, 0.717) is 30.0 Å². The molecule has 6 unspecified atom stereocenters. The van der Waals surface area contributed by atoms with E-state index in [-0.39, 0.29) is 29.3 Å². The molecule has 3 heteroatoms. The molecule has 6 atom stereocenters. The molecule has 0 amide bonds. The van der Waals surface area contributed by atoms with Gasteiger partial charge in [0.15, 0.2) is 0 Å². The van der Waals surface area contributed by atoms with Gasteiger partial charge in [0.25, 0.3) is 0 Å². The lowest BCUT2D eigenvalue weighted by Crippen LogP contribution is -2.48. The summed E-state index contributed by atoms with van der Waals surface area (Å²) in [4.78, 5) is 25.1. The molecule has 3 rings (SSSR count). The second kappa shape index (κ2) is 4.82. The van der Waals surface area contributed by atoms with Gasteiger partial charge in [-0.2, -0.15) is 0 Å². The summed E-state index contributed by atoms with van der Waals surface area (Å²) in [7, 11) is 0. The molecular weight excluding hydrogens is 276 g/mol. The zero-order chi connectivity index (χ0) is 16.4. The van der Waals surface area contributed by atoms with Crippen LogP contribution in [-0.4, -0.2) is 17.9 Å². The van der Waals surface area contributed by atoms with Crippen molar-refractivity contribution < 1.29 is 14.3 Å². The summed E-state index contributed by atoms with van der Waals surface area (Å²) in [5, 5.41) is 0. The van der Waals surface area contributed by atoms with Crippen LogP contribution >= 0.6 is 0 Å². The molecule has 3 nitrogen and oxygen atoms in total. The highest BCUT2D eigenvalue weighted by Crippen LogP contribution is 2.59. The van der Waals surface area contributed by atoms with Crippen molar-refractivity contribution in [2.75, 3.05) is 0 Å². The van der Waals surface area contributed by atoms with Gasteiger partial charge in [-0.1, -0.05) is 34.6 Å². The minimum absolute atomic E-state index is 0.0133. The van der Waals surface area contributed by atoms with Crippen LogP contribution in [0.3, 0.4) is 0 Å². The van der Waals surface area contributed by atoms with Gasteiger partial charge in [0.05, 0.1) is 5.41 Å². The Hall–Kier alpha value is -0.860. The Balaban J connectivity index is 1.79. The number of hydrogen-bond donors (Lipinski definition) is 0. The van der Waals surface area contributed by atoms with E-state index >= 15 is 0 Å².